The molecule has 2 atom stereocenters. The minimum absolute atomic E-state index is 0.0591. The number of aromatic amines is 1. The van der Waals surface area contributed by atoms with E-state index in [1.165, 1.54) is 18.2 Å². The van der Waals surface area contributed by atoms with Crippen molar-refractivity contribution < 1.29 is 8.78 Å². The molecular formula is C13H15F2N3. The average Bonchev–Trinajstić information content (AvgIpc) is 2.81. The van der Waals surface area contributed by atoms with Crippen LogP contribution in [0.3, 0.4) is 0 Å². The molecule has 0 spiro atoms. The third kappa shape index (κ3) is 2.56. The zero-order valence-corrected chi connectivity index (χ0v) is 10.2. The highest BCUT2D eigenvalue weighted by Crippen LogP contribution is 2.23. The molecule has 0 fully saturated rings. The number of hydrogen-bond acceptors (Lipinski definition) is 2. The third-order valence-corrected chi connectivity index (χ3v) is 2.92. The quantitative estimate of drug-likeness (QED) is 0.876. The second-order valence-corrected chi connectivity index (χ2v) is 4.26. The number of rotatable bonds is 4. The molecule has 0 bridgehead atoms. The summed E-state index contributed by atoms with van der Waals surface area (Å²) in [6.45, 7) is 3.64. The number of nitrogens with zero attached hydrogens (tertiary/aromatic N) is 1. The molecule has 1 aromatic carbocycles. The maximum Gasteiger partial charge on any atom is 0.130 e. The molecule has 2 unspecified atom stereocenters. The van der Waals surface area contributed by atoms with Crippen LogP contribution < -0.4 is 5.32 Å². The molecule has 2 aromatic rings. The van der Waals surface area contributed by atoms with Crippen LogP contribution in [0.4, 0.5) is 8.78 Å². The van der Waals surface area contributed by atoms with Gasteiger partial charge in [0.2, 0.25) is 0 Å². The molecule has 3 nitrogen and oxygen atoms in total. The highest BCUT2D eigenvalue weighted by Gasteiger charge is 2.18. The van der Waals surface area contributed by atoms with Crippen molar-refractivity contribution >= 4 is 0 Å². The Hall–Kier alpha value is -1.75. The molecule has 0 aliphatic rings. The SMILES string of the molecule is CC(NC(C)c1c(F)cccc1F)c1ccn[nH]1. The van der Waals surface area contributed by atoms with Gasteiger partial charge in [-0.05, 0) is 32.0 Å². The summed E-state index contributed by atoms with van der Waals surface area (Å²) >= 11 is 0. The average molecular weight is 251 g/mol. The van der Waals surface area contributed by atoms with E-state index in [1.54, 1.807) is 13.1 Å². The standard InChI is InChI=1S/C13H15F2N3/c1-8(12-6-7-16-18-12)17-9(2)13-10(14)4-3-5-11(13)15/h3-9,17H,1-2H3,(H,16,18). The predicted octanol–water partition coefficient (Wildman–Crippen LogP) is 3.10. The van der Waals surface area contributed by atoms with Gasteiger partial charge in [0.05, 0.1) is 5.69 Å². The molecule has 0 radical (unpaired) electrons. The lowest BCUT2D eigenvalue weighted by atomic mass is 10.1. The lowest BCUT2D eigenvalue weighted by molar-refractivity contribution is 0.445. The Kier molecular flexibility index (Phi) is 3.72. The van der Waals surface area contributed by atoms with E-state index >= 15 is 0 Å². The van der Waals surface area contributed by atoms with Crippen LogP contribution in [-0.2, 0) is 0 Å². The molecule has 0 aliphatic heterocycles. The van der Waals surface area contributed by atoms with E-state index < -0.39 is 17.7 Å². The van der Waals surface area contributed by atoms with Crippen molar-refractivity contribution in [2.24, 2.45) is 0 Å². The fraction of sp³-hybridized carbons (Fsp3) is 0.308. The molecule has 96 valence electrons. The van der Waals surface area contributed by atoms with Gasteiger partial charge in [-0.15, -0.1) is 0 Å². The Morgan fingerprint density at radius 3 is 2.33 bits per heavy atom. The van der Waals surface area contributed by atoms with Gasteiger partial charge in [-0.3, -0.25) is 5.10 Å². The number of halogens is 2. The van der Waals surface area contributed by atoms with E-state index in [0.29, 0.717) is 0 Å². The normalized spacial score (nSPS) is 14.4. The highest BCUT2D eigenvalue weighted by atomic mass is 19.1. The Morgan fingerprint density at radius 1 is 1.11 bits per heavy atom. The van der Waals surface area contributed by atoms with Crippen LogP contribution in [0.15, 0.2) is 30.5 Å². The monoisotopic (exact) mass is 251 g/mol. The van der Waals surface area contributed by atoms with Crippen LogP contribution >= 0.6 is 0 Å². The number of benzene rings is 1. The van der Waals surface area contributed by atoms with Gasteiger partial charge in [-0.1, -0.05) is 6.07 Å². The van der Waals surface area contributed by atoms with Gasteiger partial charge in [-0.2, -0.15) is 5.10 Å². The fourth-order valence-electron chi connectivity index (χ4n) is 1.98. The first-order valence-corrected chi connectivity index (χ1v) is 5.79. The first-order chi connectivity index (χ1) is 8.59. The Balaban J connectivity index is 2.15. The molecule has 2 rings (SSSR count). The number of H-pyrrole nitrogens is 1. The maximum atomic E-state index is 13.6. The van der Waals surface area contributed by atoms with Crippen molar-refractivity contribution in [1.82, 2.24) is 15.5 Å². The lowest BCUT2D eigenvalue weighted by Gasteiger charge is -2.20. The maximum absolute atomic E-state index is 13.6. The molecule has 1 heterocycles. The topological polar surface area (TPSA) is 40.7 Å². The zero-order valence-electron chi connectivity index (χ0n) is 10.2. The summed E-state index contributed by atoms with van der Waals surface area (Å²) in [5, 5.41) is 9.80. The second kappa shape index (κ2) is 5.27. The van der Waals surface area contributed by atoms with E-state index in [1.807, 2.05) is 13.0 Å². The van der Waals surface area contributed by atoms with Crippen LogP contribution in [0.25, 0.3) is 0 Å². The summed E-state index contributed by atoms with van der Waals surface area (Å²) in [5.41, 5.74) is 0.933. The Labute approximate surface area is 104 Å². The summed E-state index contributed by atoms with van der Waals surface area (Å²) < 4.78 is 27.2. The third-order valence-electron chi connectivity index (χ3n) is 2.92. The predicted molar refractivity (Wildman–Crippen MR) is 64.9 cm³/mol. The summed E-state index contributed by atoms with van der Waals surface area (Å²) in [4.78, 5) is 0. The molecule has 0 amide bonds. The van der Waals surface area contributed by atoms with Gasteiger partial charge in [-0.25, -0.2) is 8.78 Å². The summed E-state index contributed by atoms with van der Waals surface area (Å²) in [5.74, 6) is -1.07. The van der Waals surface area contributed by atoms with Gasteiger partial charge >= 0.3 is 0 Å². The molecule has 5 heteroatoms. The Bertz CT molecular complexity index is 491. The van der Waals surface area contributed by atoms with Crippen molar-refractivity contribution in [3.8, 4) is 0 Å². The second-order valence-electron chi connectivity index (χ2n) is 4.26. The van der Waals surface area contributed by atoms with Crippen molar-refractivity contribution in [3.05, 3.63) is 53.4 Å². The van der Waals surface area contributed by atoms with Crippen LogP contribution in [-0.4, -0.2) is 10.2 Å². The number of nitrogens with one attached hydrogen (secondary N) is 2. The summed E-state index contributed by atoms with van der Waals surface area (Å²) in [7, 11) is 0. The molecule has 2 N–H and O–H groups in total. The van der Waals surface area contributed by atoms with E-state index in [9.17, 15) is 8.78 Å². The van der Waals surface area contributed by atoms with Gasteiger partial charge in [0.25, 0.3) is 0 Å². The van der Waals surface area contributed by atoms with E-state index in [-0.39, 0.29) is 11.6 Å². The fourth-order valence-corrected chi connectivity index (χ4v) is 1.98. The van der Waals surface area contributed by atoms with Crippen molar-refractivity contribution in [2.45, 2.75) is 25.9 Å². The summed E-state index contributed by atoms with van der Waals surface area (Å²) in [6.07, 6.45) is 1.64. The van der Waals surface area contributed by atoms with E-state index in [4.69, 9.17) is 0 Å². The van der Waals surface area contributed by atoms with Crippen LogP contribution in [0.1, 0.15) is 37.2 Å². The molecule has 0 aliphatic carbocycles. The Morgan fingerprint density at radius 2 is 1.78 bits per heavy atom. The van der Waals surface area contributed by atoms with Crippen molar-refractivity contribution in [2.75, 3.05) is 0 Å². The van der Waals surface area contributed by atoms with Crippen LogP contribution in [0, 0.1) is 11.6 Å². The van der Waals surface area contributed by atoms with E-state index in [2.05, 4.69) is 15.5 Å². The number of aromatic nitrogens is 2. The molecule has 0 saturated heterocycles. The molecule has 0 saturated carbocycles. The van der Waals surface area contributed by atoms with Crippen molar-refractivity contribution in [3.63, 3.8) is 0 Å². The highest BCUT2D eigenvalue weighted by molar-refractivity contribution is 5.23. The van der Waals surface area contributed by atoms with Gasteiger partial charge in [0.15, 0.2) is 0 Å². The van der Waals surface area contributed by atoms with Crippen LogP contribution in [0.5, 0.6) is 0 Å². The van der Waals surface area contributed by atoms with Gasteiger partial charge < -0.3 is 5.32 Å². The largest absolute Gasteiger partial charge is 0.302 e. The molecular weight excluding hydrogens is 236 g/mol. The van der Waals surface area contributed by atoms with Gasteiger partial charge in [0.1, 0.15) is 11.6 Å². The van der Waals surface area contributed by atoms with Crippen molar-refractivity contribution in [1.29, 1.82) is 0 Å². The minimum atomic E-state index is -0.535. The summed E-state index contributed by atoms with van der Waals surface area (Å²) in [6, 6.07) is 5.21. The smallest absolute Gasteiger partial charge is 0.130 e. The van der Waals surface area contributed by atoms with Gasteiger partial charge in [0, 0.05) is 23.8 Å². The van der Waals surface area contributed by atoms with E-state index in [0.717, 1.165) is 5.69 Å². The van der Waals surface area contributed by atoms with Crippen LogP contribution in [0.2, 0.25) is 0 Å². The first kappa shape index (κ1) is 12.7. The number of hydrogen-bond donors (Lipinski definition) is 2. The molecule has 1 aromatic heterocycles. The zero-order chi connectivity index (χ0) is 13.1. The first-order valence-electron chi connectivity index (χ1n) is 5.79. The molecule has 18 heavy (non-hydrogen) atoms. The lowest BCUT2D eigenvalue weighted by Crippen LogP contribution is -2.24. The minimum Gasteiger partial charge on any atom is -0.302 e.